The van der Waals surface area contributed by atoms with E-state index in [1.165, 1.54) is 5.56 Å². The van der Waals surface area contributed by atoms with Gasteiger partial charge >= 0.3 is 0 Å². The Morgan fingerprint density at radius 1 is 1.32 bits per heavy atom. The SMILES string of the molecule is CN(C)Cc1nn(C)c2c1CCN(C(=O)c1ccncc1)C2. The molecule has 0 saturated carbocycles. The minimum Gasteiger partial charge on any atom is -0.332 e. The van der Waals surface area contributed by atoms with Gasteiger partial charge in [0.05, 0.1) is 17.9 Å². The second kappa shape index (κ2) is 5.88. The van der Waals surface area contributed by atoms with E-state index in [0.717, 1.165) is 30.9 Å². The molecule has 0 aliphatic carbocycles. The Morgan fingerprint density at radius 3 is 2.73 bits per heavy atom. The summed E-state index contributed by atoms with van der Waals surface area (Å²) < 4.78 is 1.92. The van der Waals surface area contributed by atoms with Gasteiger partial charge in [-0.2, -0.15) is 5.10 Å². The van der Waals surface area contributed by atoms with Crippen molar-refractivity contribution in [1.82, 2.24) is 24.6 Å². The summed E-state index contributed by atoms with van der Waals surface area (Å²) in [5.41, 5.74) is 4.26. The number of nitrogens with zero attached hydrogens (tertiary/aromatic N) is 5. The van der Waals surface area contributed by atoms with Crippen molar-refractivity contribution in [2.24, 2.45) is 7.05 Å². The van der Waals surface area contributed by atoms with E-state index in [2.05, 4.69) is 15.0 Å². The molecule has 2 aromatic heterocycles. The zero-order valence-corrected chi connectivity index (χ0v) is 13.3. The van der Waals surface area contributed by atoms with Crippen LogP contribution in [0.3, 0.4) is 0 Å². The molecular formula is C16H21N5O. The lowest BCUT2D eigenvalue weighted by Gasteiger charge is -2.28. The van der Waals surface area contributed by atoms with E-state index in [4.69, 9.17) is 0 Å². The van der Waals surface area contributed by atoms with Crippen LogP contribution in [0.4, 0.5) is 0 Å². The van der Waals surface area contributed by atoms with Crippen molar-refractivity contribution >= 4 is 5.91 Å². The predicted octanol–water partition coefficient (Wildman–Crippen LogP) is 1.08. The Bertz CT molecular complexity index is 677. The highest BCUT2D eigenvalue weighted by Gasteiger charge is 2.27. The van der Waals surface area contributed by atoms with Crippen LogP contribution in [0.2, 0.25) is 0 Å². The van der Waals surface area contributed by atoms with Gasteiger partial charge in [-0.15, -0.1) is 0 Å². The molecule has 0 saturated heterocycles. The summed E-state index contributed by atoms with van der Waals surface area (Å²) in [5, 5.41) is 4.63. The molecule has 116 valence electrons. The van der Waals surface area contributed by atoms with Crippen molar-refractivity contribution in [1.29, 1.82) is 0 Å². The predicted molar refractivity (Wildman–Crippen MR) is 83.3 cm³/mol. The van der Waals surface area contributed by atoms with E-state index in [0.29, 0.717) is 12.1 Å². The molecule has 0 spiro atoms. The largest absolute Gasteiger partial charge is 0.332 e. The molecular weight excluding hydrogens is 278 g/mol. The highest BCUT2D eigenvalue weighted by Crippen LogP contribution is 2.23. The first-order valence-electron chi connectivity index (χ1n) is 7.44. The van der Waals surface area contributed by atoms with Crippen molar-refractivity contribution < 1.29 is 4.79 Å². The number of fused-ring (bicyclic) bond motifs is 1. The third kappa shape index (κ3) is 2.74. The number of carbonyl (C=O) groups is 1. The summed E-state index contributed by atoms with van der Waals surface area (Å²) in [4.78, 5) is 20.5. The normalized spacial score (nSPS) is 14.3. The highest BCUT2D eigenvalue weighted by atomic mass is 16.2. The quantitative estimate of drug-likeness (QED) is 0.851. The standard InChI is InChI=1S/C16H21N5O/c1-19(2)10-14-13-6-9-21(11-15(13)20(3)18-14)16(22)12-4-7-17-8-5-12/h4-5,7-8H,6,9-11H2,1-3H3. The third-order valence-corrected chi connectivity index (χ3v) is 4.01. The maximum absolute atomic E-state index is 12.6. The lowest BCUT2D eigenvalue weighted by atomic mass is 10.0. The van der Waals surface area contributed by atoms with Crippen LogP contribution in [0, 0.1) is 0 Å². The van der Waals surface area contributed by atoms with E-state index in [9.17, 15) is 4.79 Å². The fraction of sp³-hybridized carbons (Fsp3) is 0.438. The number of carbonyl (C=O) groups excluding carboxylic acids is 1. The van der Waals surface area contributed by atoms with E-state index in [1.807, 2.05) is 30.7 Å². The summed E-state index contributed by atoms with van der Waals surface area (Å²) >= 11 is 0. The van der Waals surface area contributed by atoms with Gasteiger partial charge in [0.25, 0.3) is 5.91 Å². The monoisotopic (exact) mass is 299 g/mol. The number of rotatable bonds is 3. The number of pyridine rings is 1. The lowest BCUT2D eigenvalue weighted by Crippen LogP contribution is -2.36. The fourth-order valence-corrected chi connectivity index (χ4v) is 2.93. The molecule has 3 heterocycles. The van der Waals surface area contributed by atoms with Crippen LogP contribution in [0.25, 0.3) is 0 Å². The molecule has 6 heteroatoms. The van der Waals surface area contributed by atoms with E-state index in [-0.39, 0.29) is 5.91 Å². The van der Waals surface area contributed by atoms with Crippen molar-refractivity contribution in [3.63, 3.8) is 0 Å². The molecule has 2 aromatic rings. The van der Waals surface area contributed by atoms with Crippen molar-refractivity contribution in [3.8, 4) is 0 Å². The summed E-state index contributed by atoms with van der Waals surface area (Å²) in [6.07, 6.45) is 4.17. The molecule has 6 nitrogen and oxygen atoms in total. The average Bonchev–Trinajstić information content (AvgIpc) is 2.82. The Hall–Kier alpha value is -2.21. The van der Waals surface area contributed by atoms with Crippen molar-refractivity contribution in [2.45, 2.75) is 19.5 Å². The zero-order valence-electron chi connectivity index (χ0n) is 13.3. The maximum atomic E-state index is 12.6. The van der Waals surface area contributed by atoms with Crippen molar-refractivity contribution in [3.05, 3.63) is 47.0 Å². The molecule has 0 aromatic carbocycles. The van der Waals surface area contributed by atoms with Gasteiger partial charge in [0, 0.05) is 43.7 Å². The van der Waals surface area contributed by atoms with Gasteiger partial charge in [0.15, 0.2) is 0 Å². The molecule has 0 N–H and O–H groups in total. The molecule has 1 aliphatic heterocycles. The first-order chi connectivity index (χ1) is 10.6. The topological polar surface area (TPSA) is 54.3 Å². The molecule has 0 fully saturated rings. The van der Waals surface area contributed by atoms with Crippen LogP contribution >= 0.6 is 0 Å². The number of aromatic nitrogens is 3. The molecule has 22 heavy (non-hydrogen) atoms. The second-order valence-electron chi connectivity index (χ2n) is 5.95. The molecule has 1 amide bonds. The molecule has 0 unspecified atom stereocenters. The minimum atomic E-state index is 0.0587. The van der Waals surface area contributed by atoms with Gasteiger partial charge in [-0.25, -0.2) is 0 Å². The summed E-state index contributed by atoms with van der Waals surface area (Å²) in [7, 11) is 6.05. The van der Waals surface area contributed by atoms with Crippen LogP contribution in [0.15, 0.2) is 24.5 Å². The molecule has 1 aliphatic rings. The average molecular weight is 299 g/mol. The Morgan fingerprint density at radius 2 is 2.05 bits per heavy atom. The van der Waals surface area contributed by atoms with Gasteiger partial charge in [0.1, 0.15) is 0 Å². The van der Waals surface area contributed by atoms with Gasteiger partial charge in [0.2, 0.25) is 0 Å². The Balaban J connectivity index is 1.82. The Kier molecular flexibility index (Phi) is 3.94. The number of aryl methyl sites for hydroxylation is 1. The van der Waals surface area contributed by atoms with Gasteiger partial charge in [-0.1, -0.05) is 0 Å². The van der Waals surface area contributed by atoms with E-state index >= 15 is 0 Å². The first kappa shape index (κ1) is 14.7. The number of hydrogen-bond acceptors (Lipinski definition) is 4. The minimum absolute atomic E-state index is 0.0587. The van der Waals surface area contributed by atoms with Gasteiger partial charge in [-0.05, 0) is 32.6 Å². The number of amides is 1. The van der Waals surface area contributed by atoms with Crippen LogP contribution in [-0.4, -0.2) is 51.1 Å². The van der Waals surface area contributed by atoms with E-state index < -0.39 is 0 Å². The number of hydrogen-bond donors (Lipinski definition) is 0. The highest BCUT2D eigenvalue weighted by molar-refractivity contribution is 5.94. The van der Waals surface area contributed by atoms with Crippen LogP contribution in [-0.2, 0) is 26.6 Å². The fourth-order valence-electron chi connectivity index (χ4n) is 2.93. The van der Waals surface area contributed by atoms with E-state index in [1.54, 1.807) is 24.5 Å². The smallest absolute Gasteiger partial charge is 0.254 e. The second-order valence-corrected chi connectivity index (χ2v) is 5.95. The van der Waals surface area contributed by atoms with Crippen LogP contribution in [0.5, 0.6) is 0 Å². The first-order valence-corrected chi connectivity index (χ1v) is 7.44. The summed E-state index contributed by atoms with van der Waals surface area (Å²) in [5.74, 6) is 0.0587. The zero-order chi connectivity index (χ0) is 15.7. The maximum Gasteiger partial charge on any atom is 0.254 e. The lowest BCUT2D eigenvalue weighted by molar-refractivity contribution is 0.0730. The third-order valence-electron chi connectivity index (χ3n) is 4.01. The van der Waals surface area contributed by atoms with Crippen molar-refractivity contribution in [2.75, 3.05) is 20.6 Å². The summed E-state index contributed by atoms with van der Waals surface area (Å²) in [6, 6.07) is 3.52. The molecule has 3 rings (SSSR count). The van der Waals surface area contributed by atoms with Gasteiger partial charge < -0.3 is 9.80 Å². The Labute approximate surface area is 130 Å². The molecule has 0 bridgehead atoms. The van der Waals surface area contributed by atoms with Crippen LogP contribution in [0.1, 0.15) is 27.3 Å². The van der Waals surface area contributed by atoms with Gasteiger partial charge in [-0.3, -0.25) is 14.5 Å². The van der Waals surface area contributed by atoms with Crippen LogP contribution < -0.4 is 0 Å². The molecule has 0 atom stereocenters. The summed E-state index contributed by atoms with van der Waals surface area (Å²) in [6.45, 7) is 2.19. The molecule has 0 radical (unpaired) electrons.